The van der Waals surface area contributed by atoms with Crippen LogP contribution in [0.25, 0.3) is 21.3 Å². The molecular formula is C24H31N5O2S. The topological polar surface area (TPSA) is 65.0 Å². The monoisotopic (exact) mass is 453 g/mol. The quantitative estimate of drug-likeness (QED) is 0.590. The largest absolute Gasteiger partial charge is 0.396 e. The minimum absolute atomic E-state index is 0.257. The minimum Gasteiger partial charge on any atom is -0.396 e. The molecule has 170 valence electrons. The summed E-state index contributed by atoms with van der Waals surface area (Å²) in [6.45, 7) is 9.28. The van der Waals surface area contributed by atoms with E-state index in [4.69, 9.17) is 19.8 Å². The molecule has 2 aliphatic rings. The van der Waals surface area contributed by atoms with Crippen LogP contribution in [0, 0.1) is 0 Å². The summed E-state index contributed by atoms with van der Waals surface area (Å²) >= 11 is 1.72. The van der Waals surface area contributed by atoms with E-state index in [2.05, 4.69) is 50.4 Å². The maximum Gasteiger partial charge on any atom is 0.146 e. The summed E-state index contributed by atoms with van der Waals surface area (Å²) in [6, 6.07) is 10.6. The van der Waals surface area contributed by atoms with E-state index < -0.39 is 0 Å². The molecule has 0 atom stereocenters. The van der Waals surface area contributed by atoms with Crippen LogP contribution in [0.5, 0.6) is 0 Å². The second-order valence-corrected chi connectivity index (χ2v) is 9.31. The van der Waals surface area contributed by atoms with Crippen molar-refractivity contribution in [2.45, 2.75) is 13.0 Å². The number of anilines is 1. The summed E-state index contributed by atoms with van der Waals surface area (Å²) in [7, 11) is 0. The molecule has 0 unspecified atom stereocenters. The number of hydrogen-bond acceptors (Lipinski definition) is 8. The molecule has 3 aromatic rings. The molecule has 2 fully saturated rings. The highest BCUT2D eigenvalue weighted by Gasteiger charge is 2.24. The molecule has 2 aromatic heterocycles. The summed E-state index contributed by atoms with van der Waals surface area (Å²) in [5.41, 5.74) is 2.44. The van der Waals surface area contributed by atoms with Gasteiger partial charge in [-0.3, -0.25) is 9.80 Å². The van der Waals surface area contributed by atoms with Crippen molar-refractivity contribution in [3.05, 3.63) is 41.5 Å². The Morgan fingerprint density at radius 2 is 1.72 bits per heavy atom. The molecule has 32 heavy (non-hydrogen) atoms. The van der Waals surface area contributed by atoms with Crippen LogP contribution in [0.3, 0.4) is 0 Å². The van der Waals surface area contributed by atoms with Gasteiger partial charge in [0, 0.05) is 63.4 Å². The van der Waals surface area contributed by atoms with E-state index >= 15 is 0 Å². The maximum absolute atomic E-state index is 9.16. The van der Waals surface area contributed by atoms with E-state index in [-0.39, 0.29) is 6.61 Å². The van der Waals surface area contributed by atoms with Crippen LogP contribution in [-0.4, -0.2) is 90.5 Å². The lowest BCUT2D eigenvalue weighted by molar-refractivity contribution is 0.0331. The van der Waals surface area contributed by atoms with Crippen molar-refractivity contribution in [2.24, 2.45) is 0 Å². The molecule has 5 rings (SSSR count). The zero-order valence-corrected chi connectivity index (χ0v) is 19.3. The molecule has 1 N–H and O–H groups in total. The van der Waals surface area contributed by atoms with Gasteiger partial charge in [0.05, 0.1) is 25.1 Å². The highest BCUT2D eigenvalue weighted by Crippen LogP contribution is 2.38. The lowest BCUT2D eigenvalue weighted by atomic mass is 10.1. The molecule has 0 saturated carbocycles. The van der Waals surface area contributed by atoms with Crippen LogP contribution in [-0.2, 0) is 11.3 Å². The lowest BCUT2D eigenvalue weighted by Gasteiger charge is -2.36. The fraction of sp³-hybridized carbons (Fsp3) is 0.500. The average molecular weight is 454 g/mol. The van der Waals surface area contributed by atoms with Gasteiger partial charge in [0.1, 0.15) is 16.5 Å². The van der Waals surface area contributed by atoms with Gasteiger partial charge in [-0.15, -0.1) is 11.3 Å². The van der Waals surface area contributed by atoms with Crippen molar-refractivity contribution in [1.29, 1.82) is 0 Å². The Morgan fingerprint density at radius 3 is 2.47 bits per heavy atom. The SMILES string of the molecule is OCCCN1CCN(c2nc(CN3CCOCC3)nc3scc(-c4ccccc4)c23)CC1. The zero-order valence-electron chi connectivity index (χ0n) is 18.4. The minimum atomic E-state index is 0.257. The average Bonchev–Trinajstić information content (AvgIpc) is 3.28. The standard InChI is InChI=1S/C24H31N5O2S/c30-14-4-7-27-8-10-29(11-9-27)23-22-20(19-5-2-1-3-6-19)18-32-24(22)26-21(25-23)17-28-12-15-31-16-13-28/h1-3,5-6,18,30H,4,7-17H2. The Kier molecular flexibility index (Phi) is 6.95. The second-order valence-electron chi connectivity index (χ2n) is 8.45. The molecule has 0 aliphatic carbocycles. The van der Waals surface area contributed by atoms with Crippen LogP contribution in [0.15, 0.2) is 35.7 Å². The molecule has 0 amide bonds. The molecule has 8 heteroatoms. The van der Waals surface area contributed by atoms with Crippen LogP contribution < -0.4 is 4.90 Å². The van der Waals surface area contributed by atoms with Crippen molar-refractivity contribution in [3.63, 3.8) is 0 Å². The van der Waals surface area contributed by atoms with Crippen molar-refractivity contribution in [1.82, 2.24) is 19.8 Å². The Hall–Kier alpha value is -2.10. The third-order valence-corrected chi connectivity index (χ3v) is 7.19. The summed E-state index contributed by atoms with van der Waals surface area (Å²) in [4.78, 5) is 18.5. The van der Waals surface area contributed by atoms with Crippen molar-refractivity contribution in [2.75, 3.05) is 70.5 Å². The lowest BCUT2D eigenvalue weighted by Crippen LogP contribution is -2.47. The van der Waals surface area contributed by atoms with Crippen molar-refractivity contribution >= 4 is 27.4 Å². The van der Waals surface area contributed by atoms with Crippen molar-refractivity contribution in [3.8, 4) is 11.1 Å². The number of nitrogens with zero attached hydrogens (tertiary/aromatic N) is 5. The Labute approximate surface area is 193 Å². The predicted octanol–water partition coefficient (Wildman–Crippen LogP) is 2.69. The first kappa shape index (κ1) is 21.7. The van der Waals surface area contributed by atoms with Gasteiger partial charge in [-0.05, 0) is 12.0 Å². The number of morpholine rings is 1. The van der Waals surface area contributed by atoms with E-state index in [1.807, 2.05) is 0 Å². The number of thiophene rings is 1. The smallest absolute Gasteiger partial charge is 0.146 e. The molecule has 4 heterocycles. The first-order valence-corrected chi connectivity index (χ1v) is 12.4. The molecule has 0 bridgehead atoms. The van der Waals surface area contributed by atoms with Crippen LogP contribution >= 0.6 is 11.3 Å². The van der Waals surface area contributed by atoms with Crippen LogP contribution in [0.2, 0.25) is 0 Å². The van der Waals surface area contributed by atoms with Gasteiger partial charge < -0.3 is 14.7 Å². The predicted molar refractivity (Wildman–Crippen MR) is 129 cm³/mol. The highest BCUT2D eigenvalue weighted by atomic mass is 32.1. The summed E-state index contributed by atoms with van der Waals surface area (Å²) in [5.74, 6) is 1.97. The number of aromatic nitrogens is 2. The third-order valence-electron chi connectivity index (χ3n) is 6.32. The normalized spacial score (nSPS) is 18.5. The Bertz CT molecular complexity index is 1010. The van der Waals surface area contributed by atoms with Gasteiger partial charge in [-0.1, -0.05) is 30.3 Å². The van der Waals surface area contributed by atoms with Gasteiger partial charge in [0.2, 0.25) is 0 Å². The molecule has 0 radical (unpaired) electrons. The summed E-state index contributed by atoms with van der Waals surface area (Å²) in [6.07, 6.45) is 0.837. The van der Waals surface area contributed by atoms with Crippen LogP contribution in [0.4, 0.5) is 5.82 Å². The first-order valence-electron chi connectivity index (χ1n) is 11.5. The molecular weight excluding hydrogens is 422 g/mol. The number of aliphatic hydroxyl groups is 1. The third kappa shape index (κ3) is 4.79. The van der Waals surface area contributed by atoms with Gasteiger partial charge in [-0.25, -0.2) is 9.97 Å². The molecule has 7 nitrogen and oxygen atoms in total. The Balaban J connectivity index is 1.48. The summed E-state index contributed by atoms with van der Waals surface area (Å²) in [5, 5.41) is 12.6. The fourth-order valence-corrected chi connectivity index (χ4v) is 5.49. The number of aliphatic hydroxyl groups excluding tert-OH is 1. The van der Waals surface area contributed by atoms with E-state index in [0.717, 1.165) is 88.5 Å². The van der Waals surface area contributed by atoms with Crippen molar-refractivity contribution < 1.29 is 9.84 Å². The van der Waals surface area contributed by atoms with Gasteiger partial charge >= 0.3 is 0 Å². The van der Waals surface area contributed by atoms with E-state index in [1.165, 1.54) is 16.5 Å². The fourth-order valence-electron chi connectivity index (χ4n) is 4.53. The highest BCUT2D eigenvalue weighted by molar-refractivity contribution is 7.17. The first-order chi connectivity index (χ1) is 15.8. The second kappa shape index (κ2) is 10.2. The molecule has 2 saturated heterocycles. The number of rotatable bonds is 7. The van der Waals surface area contributed by atoms with E-state index in [1.54, 1.807) is 11.3 Å². The maximum atomic E-state index is 9.16. The number of piperazine rings is 1. The van der Waals surface area contributed by atoms with Gasteiger partial charge in [0.15, 0.2) is 0 Å². The van der Waals surface area contributed by atoms with E-state index in [9.17, 15) is 0 Å². The summed E-state index contributed by atoms with van der Waals surface area (Å²) < 4.78 is 5.51. The number of hydrogen-bond donors (Lipinski definition) is 1. The van der Waals surface area contributed by atoms with Gasteiger partial charge in [-0.2, -0.15) is 0 Å². The Morgan fingerprint density at radius 1 is 0.938 bits per heavy atom. The zero-order chi connectivity index (χ0) is 21.8. The number of benzene rings is 1. The molecule has 1 aromatic carbocycles. The molecule has 2 aliphatic heterocycles. The number of ether oxygens (including phenoxy) is 1. The van der Waals surface area contributed by atoms with Crippen LogP contribution in [0.1, 0.15) is 12.2 Å². The van der Waals surface area contributed by atoms with Gasteiger partial charge in [0.25, 0.3) is 0 Å². The molecule has 0 spiro atoms. The number of fused-ring (bicyclic) bond motifs is 1. The van der Waals surface area contributed by atoms with E-state index in [0.29, 0.717) is 0 Å².